The first-order valence-corrected chi connectivity index (χ1v) is 6.08. The van der Waals surface area contributed by atoms with E-state index in [1.54, 1.807) is 13.2 Å². The number of ether oxygens (including phenoxy) is 1. The predicted octanol–water partition coefficient (Wildman–Crippen LogP) is 2.88. The summed E-state index contributed by atoms with van der Waals surface area (Å²) in [6.45, 7) is 6.22. The second-order valence-corrected chi connectivity index (χ2v) is 4.89. The highest BCUT2D eigenvalue weighted by Crippen LogP contribution is 2.29. The zero-order chi connectivity index (χ0) is 12.8. The summed E-state index contributed by atoms with van der Waals surface area (Å²) < 4.78 is 5.10. The smallest absolute Gasteiger partial charge is 0.162 e. The number of phenolic OH excluding ortho intramolecular Hbond substituents is 1. The third-order valence-corrected chi connectivity index (χ3v) is 2.83. The Balaban J connectivity index is 2.62. The lowest BCUT2D eigenvalue weighted by Crippen LogP contribution is -2.20. The standard InChI is InChI=1S/C14H23NO2/c1-11(2)8-9-15(3)10-12-6-5-7-13(17-4)14(12)16/h5-7,11,16H,8-10H2,1-4H3. The average molecular weight is 237 g/mol. The molecule has 0 aliphatic carbocycles. The minimum absolute atomic E-state index is 0.256. The van der Waals surface area contributed by atoms with E-state index in [0.717, 1.165) is 18.7 Å². The second-order valence-electron chi connectivity index (χ2n) is 4.89. The Bertz CT molecular complexity index is 350. The van der Waals surface area contributed by atoms with Gasteiger partial charge < -0.3 is 14.7 Å². The molecular weight excluding hydrogens is 214 g/mol. The Hall–Kier alpha value is -1.22. The number of nitrogens with zero attached hydrogens (tertiary/aromatic N) is 1. The van der Waals surface area contributed by atoms with Crippen LogP contribution in [0.5, 0.6) is 11.5 Å². The molecule has 17 heavy (non-hydrogen) atoms. The summed E-state index contributed by atoms with van der Waals surface area (Å²) >= 11 is 0. The van der Waals surface area contributed by atoms with E-state index in [1.807, 2.05) is 12.1 Å². The number of methoxy groups -OCH3 is 1. The number of benzene rings is 1. The Kier molecular flexibility index (Phi) is 5.29. The zero-order valence-corrected chi connectivity index (χ0v) is 11.2. The van der Waals surface area contributed by atoms with Gasteiger partial charge in [-0.2, -0.15) is 0 Å². The molecule has 0 unspecified atom stereocenters. The van der Waals surface area contributed by atoms with Crippen LogP contribution in [-0.2, 0) is 6.54 Å². The van der Waals surface area contributed by atoms with Crippen LogP contribution in [0.15, 0.2) is 18.2 Å². The van der Waals surface area contributed by atoms with Gasteiger partial charge in [0.05, 0.1) is 7.11 Å². The van der Waals surface area contributed by atoms with Crippen molar-refractivity contribution < 1.29 is 9.84 Å². The molecule has 0 saturated heterocycles. The first-order valence-electron chi connectivity index (χ1n) is 6.08. The van der Waals surface area contributed by atoms with Crippen LogP contribution >= 0.6 is 0 Å². The summed E-state index contributed by atoms with van der Waals surface area (Å²) in [5.74, 6) is 1.50. The van der Waals surface area contributed by atoms with E-state index in [4.69, 9.17) is 4.74 Å². The summed E-state index contributed by atoms with van der Waals surface area (Å²) in [6, 6.07) is 5.61. The highest BCUT2D eigenvalue weighted by molar-refractivity contribution is 5.45. The van der Waals surface area contributed by atoms with Crippen molar-refractivity contribution in [3.63, 3.8) is 0 Å². The fourth-order valence-electron chi connectivity index (χ4n) is 1.71. The van der Waals surface area contributed by atoms with Crippen molar-refractivity contribution >= 4 is 0 Å². The molecule has 1 aromatic rings. The molecule has 3 nitrogen and oxygen atoms in total. The summed E-state index contributed by atoms with van der Waals surface area (Å²) in [5.41, 5.74) is 0.913. The van der Waals surface area contributed by atoms with Crippen LogP contribution in [0.1, 0.15) is 25.8 Å². The van der Waals surface area contributed by atoms with Crippen LogP contribution in [-0.4, -0.2) is 30.7 Å². The fraction of sp³-hybridized carbons (Fsp3) is 0.571. The number of rotatable bonds is 6. The van der Waals surface area contributed by atoms with Gasteiger partial charge in [-0.1, -0.05) is 26.0 Å². The maximum absolute atomic E-state index is 9.96. The third kappa shape index (κ3) is 4.27. The van der Waals surface area contributed by atoms with Crippen LogP contribution in [0.25, 0.3) is 0 Å². The van der Waals surface area contributed by atoms with Gasteiger partial charge >= 0.3 is 0 Å². The van der Waals surface area contributed by atoms with Gasteiger partial charge in [-0.3, -0.25) is 0 Å². The Morgan fingerprint density at radius 3 is 2.65 bits per heavy atom. The van der Waals surface area contributed by atoms with E-state index in [0.29, 0.717) is 11.7 Å². The molecule has 0 aromatic heterocycles. The number of aromatic hydroxyl groups is 1. The highest BCUT2D eigenvalue weighted by atomic mass is 16.5. The maximum atomic E-state index is 9.96. The minimum atomic E-state index is 0.256. The molecule has 3 heteroatoms. The molecule has 0 aliphatic rings. The predicted molar refractivity (Wildman–Crippen MR) is 70.4 cm³/mol. The van der Waals surface area contributed by atoms with Crippen LogP contribution in [0.3, 0.4) is 0 Å². The van der Waals surface area contributed by atoms with Crippen LogP contribution in [0, 0.1) is 5.92 Å². The van der Waals surface area contributed by atoms with Gasteiger partial charge in [0.2, 0.25) is 0 Å². The van der Waals surface area contributed by atoms with E-state index >= 15 is 0 Å². The summed E-state index contributed by atoms with van der Waals surface area (Å²) in [7, 11) is 3.64. The monoisotopic (exact) mass is 237 g/mol. The molecule has 0 bridgehead atoms. The first kappa shape index (κ1) is 13.8. The molecular formula is C14H23NO2. The molecule has 0 atom stereocenters. The number of hydrogen-bond donors (Lipinski definition) is 1. The number of hydrogen-bond acceptors (Lipinski definition) is 3. The molecule has 96 valence electrons. The molecule has 0 heterocycles. The van der Waals surface area contributed by atoms with Crippen LogP contribution in [0.4, 0.5) is 0 Å². The quantitative estimate of drug-likeness (QED) is 0.825. The van der Waals surface area contributed by atoms with Crippen molar-refractivity contribution in [2.75, 3.05) is 20.7 Å². The Labute approximate surface area is 104 Å². The summed E-state index contributed by atoms with van der Waals surface area (Å²) in [5, 5.41) is 9.96. The van der Waals surface area contributed by atoms with Crippen molar-refractivity contribution in [3.8, 4) is 11.5 Å². The van der Waals surface area contributed by atoms with E-state index in [1.165, 1.54) is 6.42 Å². The van der Waals surface area contributed by atoms with E-state index in [9.17, 15) is 5.11 Å². The summed E-state index contributed by atoms with van der Waals surface area (Å²) in [4.78, 5) is 2.22. The fourth-order valence-corrected chi connectivity index (χ4v) is 1.71. The van der Waals surface area contributed by atoms with Gasteiger partial charge in [0.15, 0.2) is 11.5 Å². The molecule has 0 aliphatic heterocycles. The van der Waals surface area contributed by atoms with Crippen molar-refractivity contribution in [2.45, 2.75) is 26.8 Å². The number of para-hydroxylation sites is 1. The lowest BCUT2D eigenvalue weighted by molar-refractivity contribution is 0.295. The molecule has 0 spiro atoms. The van der Waals surface area contributed by atoms with Crippen LogP contribution in [0.2, 0.25) is 0 Å². The molecule has 0 amide bonds. The SMILES string of the molecule is COc1cccc(CN(C)CCC(C)C)c1O. The first-order chi connectivity index (χ1) is 8.04. The highest BCUT2D eigenvalue weighted by Gasteiger charge is 2.09. The van der Waals surface area contributed by atoms with Crippen molar-refractivity contribution in [1.82, 2.24) is 4.90 Å². The lowest BCUT2D eigenvalue weighted by Gasteiger charge is -2.19. The normalized spacial score (nSPS) is 11.2. The molecule has 0 saturated carbocycles. The summed E-state index contributed by atoms with van der Waals surface area (Å²) in [6.07, 6.45) is 1.17. The van der Waals surface area contributed by atoms with Gasteiger partial charge in [-0.15, -0.1) is 0 Å². The van der Waals surface area contributed by atoms with Crippen molar-refractivity contribution in [2.24, 2.45) is 5.92 Å². The van der Waals surface area contributed by atoms with Crippen molar-refractivity contribution in [3.05, 3.63) is 23.8 Å². The maximum Gasteiger partial charge on any atom is 0.162 e. The molecule has 0 radical (unpaired) electrons. The van der Waals surface area contributed by atoms with Gasteiger partial charge in [0, 0.05) is 12.1 Å². The van der Waals surface area contributed by atoms with Crippen LogP contribution < -0.4 is 4.74 Å². The largest absolute Gasteiger partial charge is 0.504 e. The number of phenols is 1. The third-order valence-electron chi connectivity index (χ3n) is 2.83. The lowest BCUT2D eigenvalue weighted by atomic mass is 10.1. The van der Waals surface area contributed by atoms with Gasteiger partial charge in [-0.05, 0) is 32.0 Å². The molecule has 1 rings (SSSR count). The zero-order valence-electron chi connectivity index (χ0n) is 11.2. The van der Waals surface area contributed by atoms with Crippen molar-refractivity contribution in [1.29, 1.82) is 0 Å². The van der Waals surface area contributed by atoms with Gasteiger partial charge in [0.25, 0.3) is 0 Å². The molecule has 0 fully saturated rings. The second kappa shape index (κ2) is 6.50. The minimum Gasteiger partial charge on any atom is -0.504 e. The average Bonchev–Trinajstić information content (AvgIpc) is 2.29. The molecule has 1 aromatic carbocycles. The topological polar surface area (TPSA) is 32.7 Å². The Morgan fingerprint density at radius 2 is 2.06 bits per heavy atom. The van der Waals surface area contributed by atoms with E-state index in [2.05, 4.69) is 25.8 Å². The van der Waals surface area contributed by atoms with E-state index in [-0.39, 0.29) is 5.75 Å². The van der Waals surface area contributed by atoms with Gasteiger partial charge in [0.1, 0.15) is 0 Å². The van der Waals surface area contributed by atoms with Gasteiger partial charge in [-0.25, -0.2) is 0 Å². The Morgan fingerprint density at radius 1 is 1.35 bits per heavy atom. The van der Waals surface area contributed by atoms with E-state index < -0.39 is 0 Å². The molecule has 1 N–H and O–H groups in total.